The maximum atomic E-state index is 13.9. The SMILES string of the molecule is Cc1cc2c(nn1)CCn1c-2cc2c(F)cccc21. The first-order chi connectivity index (χ1) is 9.24. The van der Waals surface area contributed by atoms with Crippen LogP contribution in [0.25, 0.3) is 22.2 Å². The Bertz CT molecular complexity index is 805. The molecule has 1 aromatic carbocycles. The fourth-order valence-corrected chi connectivity index (χ4v) is 2.85. The van der Waals surface area contributed by atoms with Crippen molar-refractivity contribution in [1.82, 2.24) is 14.8 Å². The number of rotatable bonds is 0. The van der Waals surface area contributed by atoms with Crippen molar-refractivity contribution in [3.63, 3.8) is 0 Å². The number of halogens is 1. The second-order valence-electron chi connectivity index (χ2n) is 4.95. The fraction of sp³-hybridized carbons (Fsp3) is 0.200. The summed E-state index contributed by atoms with van der Waals surface area (Å²) in [5.41, 5.74) is 4.96. The Labute approximate surface area is 109 Å². The van der Waals surface area contributed by atoms with E-state index in [0.29, 0.717) is 5.39 Å². The van der Waals surface area contributed by atoms with Crippen LogP contribution in [0.15, 0.2) is 30.3 Å². The molecule has 0 amide bonds. The maximum Gasteiger partial charge on any atom is 0.132 e. The van der Waals surface area contributed by atoms with Gasteiger partial charge in [-0.15, -0.1) is 0 Å². The molecule has 0 radical (unpaired) electrons. The van der Waals surface area contributed by atoms with Crippen LogP contribution < -0.4 is 0 Å². The molecule has 1 aliphatic rings. The van der Waals surface area contributed by atoms with Crippen molar-refractivity contribution in [3.05, 3.63) is 47.5 Å². The van der Waals surface area contributed by atoms with Crippen molar-refractivity contribution in [2.45, 2.75) is 19.9 Å². The van der Waals surface area contributed by atoms with Crippen LogP contribution in [0.2, 0.25) is 0 Å². The zero-order chi connectivity index (χ0) is 13.0. The van der Waals surface area contributed by atoms with E-state index in [1.165, 1.54) is 6.07 Å². The number of nitrogens with zero attached hydrogens (tertiary/aromatic N) is 3. The van der Waals surface area contributed by atoms with Gasteiger partial charge in [0.15, 0.2) is 0 Å². The molecule has 0 atom stereocenters. The van der Waals surface area contributed by atoms with Gasteiger partial charge < -0.3 is 4.57 Å². The highest BCUT2D eigenvalue weighted by molar-refractivity contribution is 5.88. The zero-order valence-electron chi connectivity index (χ0n) is 10.5. The molecular formula is C15H12FN3. The molecule has 3 aromatic rings. The molecule has 3 heterocycles. The lowest BCUT2D eigenvalue weighted by Gasteiger charge is -2.18. The summed E-state index contributed by atoms with van der Waals surface area (Å²) in [6, 6.07) is 9.18. The van der Waals surface area contributed by atoms with Crippen LogP contribution >= 0.6 is 0 Å². The van der Waals surface area contributed by atoms with Crippen molar-refractivity contribution in [2.24, 2.45) is 0 Å². The largest absolute Gasteiger partial charge is 0.340 e. The normalized spacial score (nSPS) is 13.4. The van der Waals surface area contributed by atoms with Crippen molar-refractivity contribution < 1.29 is 4.39 Å². The first kappa shape index (κ1) is 10.7. The highest BCUT2D eigenvalue weighted by Gasteiger charge is 2.21. The third-order valence-corrected chi connectivity index (χ3v) is 3.73. The molecule has 2 aromatic heterocycles. The molecule has 0 aliphatic carbocycles. The van der Waals surface area contributed by atoms with E-state index < -0.39 is 0 Å². The van der Waals surface area contributed by atoms with Gasteiger partial charge in [0, 0.05) is 23.9 Å². The number of hydrogen-bond donors (Lipinski definition) is 0. The van der Waals surface area contributed by atoms with E-state index in [9.17, 15) is 4.39 Å². The van der Waals surface area contributed by atoms with E-state index in [4.69, 9.17) is 0 Å². The smallest absolute Gasteiger partial charge is 0.132 e. The molecule has 4 heteroatoms. The predicted octanol–water partition coefficient (Wildman–Crippen LogP) is 3.10. The highest BCUT2D eigenvalue weighted by atomic mass is 19.1. The predicted molar refractivity (Wildman–Crippen MR) is 71.4 cm³/mol. The summed E-state index contributed by atoms with van der Waals surface area (Å²) in [4.78, 5) is 0. The van der Waals surface area contributed by atoms with Crippen LogP contribution in [0.5, 0.6) is 0 Å². The molecule has 0 saturated heterocycles. The molecule has 4 rings (SSSR count). The summed E-state index contributed by atoms with van der Waals surface area (Å²) < 4.78 is 16.1. The van der Waals surface area contributed by atoms with Crippen LogP contribution in [0.4, 0.5) is 4.39 Å². The summed E-state index contributed by atoms with van der Waals surface area (Å²) in [5.74, 6) is -0.167. The lowest BCUT2D eigenvalue weighted by Crippen LogP contribution is -2.13. The molecule has 3 nitrogen and oxygen atoms in total. The monoisotopic (exact) mass is 253 g/mol. The highest BCUT2D eigenvalue weighted by Crippen LogP contribution is 2.34. The summed E-state index contributed by atoms with van der Waals surface area (Å²) in [6.45, 7) is 2.75. The van der Waals surface area contributed by atoms with Gasteiger partial charge in [-0.1, -0.05) is 6.07 Å². The van der Waals surface area contributed by atoms with Gasteiger partial charge in [-0.3, -0.25) is 0 Å². The Hall–Kier alpha value is -2.23. The van der Waals surface area contributed by atoms with Gasteiger partial charge in [-0.05, 0) is 31.2 Å². The lowest BCUT2D eigenvalue weighted by atomic mass is 10.0. The van der Waals surface area contributed by atoms with E-state index in [-0.39, 0.29) is 5.82 Å². The lowest BCUT2D eigenvalue weighted by molar-refractivity contribution is 0.639. The minimum absolute atomic E-state index is 0.167. The van der Waals surface area contributed by atoms with Crippen LogP contribution in [-0.2, 0) is 13.0 Å². The van der Waals surface area contributed by atoms with E-state index in [1.54, 1.807) is 6.07 Å². The van der Waals surface area contributed by atoms with Gasteiger partial charge >= 0.3 is 0 Å². The first-order valence-electron chi connectivity index (χ1n) is 6.35. The van der Waals surface area contributed by atoms with Gasteiger partial charge in [0.2, 0.25) is 0 Å². The Morgan fingerprint density at radius 2 is 2.11 bits per heavy atom. The Morgan fingerprint density at radius 3 is 3.00 bits per heavy atom. The van der Waals surface area contributed by atoms with Gasteiger partial charge in [0.25, 0.3) is 0 Å². The number of aromatic nitrogens is 3. The Kier molecular flexibility index (Phi) is 2.04. The zero-order valence-corrected chi connectivity index (χ0v) is 10.5. The minimum Gasteiger partial charge on any atom is -0.340 e. The summed E-state index contributed by atoms with van der Waals surface area (Å²) in [6.07, 6.45) is 0.843. The summed E-state index contributed by atoms with van der Waals surface area (Å²) in [7, 11) is 0. The molecule has 0 N–H and O–H groups in total. The number of fused-ring (bicyclic) bond motifs is 5. The number of benzene rings is 1. The molecule has 94 valence electrons. The Morgan fingerprint density at radius 1 is 1.21 bits per heavy atom. The molecule has 0 spiro atoms. The van der Waals surface area contributed by atoms with Gasteiger partial charge in [-0.25, -0.2) is 4.39 Å². The average Bonchev–Trinajstić information content (AvgIpc) is 2.79. The van der Waals surface area contributed by atoms with Crippen molar-refractivity contribution >= 4 is 10.9 Å². The van der Waals surface area contributed by atoms with Crippen LogP contribution in [-0.4, -0.2) is 14.8 Å². The van der Waals surface area contributed by atoms with E-state index >= 15 is 0 Å². The topological polar surface area (TPSA) is 30.7 Å². The molecule has 0 fully saturated rings. The quantitative estimate of drug-likeness (QED) is 0.616. The third-order valence-electron chi connectivity index (χ3n) is 3.73. The maximum absolute atomic E-state index is 13.9. The van der Waals surface area contributed by atoms with Crippen LogP contribution in [0.3, 0.4) is 0 Å². The van der Waals surface area contributed by atoms with Crippen LogP contribution in [0, 0.1) is 12.7 Å². The second-order valence-corrected chi connectivity index (χ2v) is 4.95. The average molecular weight is 253 g/mol. The molecule has 0 unspecified atom stereocenters. The fourth-order valence-electron chi connectivity index (χ4n) is 2.85. The number of aryl methyl sites for hydroxylation is 3. The molecule has 0 saturated carbocycles. The number of hydrogen-bond acceptors (Lipinski definition) is 2. The summed E-state index contributed by atoms with van der Waals surface area (Å²) >= 11 is 0. The minimum atomic E-state index is -0.167. The first-order valence-corrected chi connectivity index (χ1v) is 6.35. The molecule has 0 bridgehead atoms. The molecule has 19 heavy (non-hydrogen) atoms. The molecular weight excluding hydrogens is 241 g/mol. The van der Waals surface area contributed by atoms with Gasteiger partial charge in [-0.2, -0.15) is 10.2 Å². The van der Waals surface area contributed by atoms with E-state index in [0.717, 1.165) is 41.1 Å². The standard InChI is InChI=1S/C15H12FN3/c1-9-7-11-13(18-17-9)5-6-19-14-4-2-3-12(16)10(14)8-15(11)19/h2-4,7-8H,5-6H2,1H3. The van der Waals surface area contributed by atoms with Crippen LogP contribution in [0.1, 0.15) is 11.4 Å². The summed E-state index contributed by atoms with van der Waals surface area (Å²) in [5, 5.41) is 9.04. The van der Waals surface area contributed by atoms with E-state index in [2.05, 4.69) is 14.8 Å². The van der Waals surface area contributed by atoms with Gasteiger partial charge in [0.05, 0.1) is 22.6 Å². The molecule has 1 aliphatic heterocycles. The van der Waals surface area contributed by atoms with Crippen molar-refractivity contribution in [3.8, 4) is 11.3 Å². The third kappa shape index (κ3) is 1.43. The van der Waals surface area contributed by atoms with Gasteiger partial charge in [0.1, 0.15) is 5.82 Å². The second kappa shape index (κ2) is 3.63. The Balaban J connectivity index is 2.09. The van der Waals surface area contributed by atoms with Crippen molar-refractivity contribution in [2.75, 3.05) is 0 Å². The van der Waals surface area contributed by atoms with E-state index in [1.807, 2.05) is 25.1 Å². The van der Waals surface area contributed by atoms with Crippen molar-refractivity contribution in [1.29, 1.82) is 0 Å².